The number of carbonyl (C=O) groups excluding carboxylic acids is 1. The van der Waals surface area contributed by atoms with Crippen molar-refractivity contribution < 1.29 is 9.18 Å². The Kier molecular flexibility index (Phi) is 5.69. The normalized spacial score (nSPS) is 10.8. The van der Waals surface area contributed by atoms with Crippen LogP contribution in [-0.4, -0.2) is 19.0 Å². The standard InChI is InChI=1S/C17H21FN2O/c18-16-10-9-15(13-7-3-4-8-14(13)16)17(21)20-12-6-2-1-5-11-19/h3-4,7-10H,1-2,5-6,11-12,19H2,(H,20,21). The SMILES string of the molecule is NCCCCCCNC(=O)c1ccc(F)c2ccccc12. The fourth-order valence-electron chi connectivity index (χ4n) is 2.38. The first kappa shape index (κ1) is 15.4. The van der Waals surface area contributed by atoms with Crippen LogP contribution in [0.15, 0.2) is 36.4 Å². The molecule has 0 saturated carbocycles. The van der Waals surface area contributed by atoms with Gasteiger partial charge in [-0.25, -0.2) is 4.39 Å². The number of fused-ring (bicyclic) bond motifs is 1. The molecule has 0 heterocycles. The Hall–Kier alpha value is -1.94. The van der Waals surface area contributed by atoms with Crippen molar-refractivity contribution in [3.05, 3.63) is 47.8 Å². The molecule has 0 bridgehead atoms. The van der Waals surface area contributed by atoms with Crippen LogP contribution in [0.25, 0.3) is 10.8 Å². The Labute approximate surface area is 124 Å². The molecule has 1 amide bonds. The molecular formula is C17H21FN2O. The van der Waals surface area contributed by atoms with Gasteiger partial charge >= 0.3 is 0 Å². The number of carbonyl (C=O) groups is 1. The van der Waals surface area contributed by atoms with E-state index in [4.69, 9.17) is 5.73 Å². The van der Waals surface area contributed by atoms with Crippen LogP contribution in [0, 0.1) is 5.82 Å². The molecule has 0 saturated heterocycles. The molecule has 0 aromatic heterocycles. The van der Waals surface area contributed by atoms with E-state index in [1.807, 2.05) is 6.07 Å². The fraction of sp³-hybridized carbons (Fsp3) is 0.353. The predicted octanol–water partition coefficient (Wildman–Crippen LogP) is 3.23. The Bertz CT molecular complexity index is 613. The van der Waals surface area contributed by atoms with Crippen LogP contribution in [0.2, 0.25) is 0 Å². The molecule has 112 valence electrons. The second kappa shape index (κ2) is 7.74. The minimum Gasteiger partial charge on any atom is -0.352 e. The molecule has 0 aliphatic carbocycles. The quantitative estimate of drug-likeness (QED) is 0.769. The monoisotopic (exact) mass is 288 g/mol. The summed E-state index contributed by atoms with van der Waals surface area (Å²) in [6.07, 6.45) is 4.11. The van der Waals surface area contributed by atoms with Gasteiger partial charge in [0, 0.05) is 17.5 Å². The number of benzene rings is 2. The van der Waals surface area contributed by atoms with Crippen LogP contribution in [-0.2, 0) is 0 Å². The molecule has 2 aromatic carbocycles. The second-order valence-corrected chi connectivity index (χ2v) is 5.10. The van der Waals surface area contributed by atoms with Gasteiger partial charge in [-0.05, 0) is 36.9 Å². The first-order chi connectivity index (χ1) is 10.2. The summed E-state index contributed by atoms with van der Waals surface area (Å²) in [5.74, 6) is -0.450. The average molecular weight is 288 g/mol. The maximum Gasteiger partial charge on any atom is 0.251 e. The zero-order chi connectivity index (χ0) is 15.1. The van der Waals surface area contributed by atoms with E-state index in [-0.39, 0.29) is 11.7 Å². The highest BCUT2D eigenvalue weighted by atomic mass is 19.1. The van der Waals surface area contributed by atoms with Crippen LogP contribution in [0.4, 0.5) is 4.39 Å². The number of nitrogens with one attached hydrogen (secondary N) is 1. The molecular weight excluding hydrogens is 267 g/mol. The van der Waals surface area contributed by atoms with Gasteiger partial charge < -0.3 is 11.1 Å². The summed E-state index contributed by atoms with van der Waals surface area (Å²) in [6, 6.07) is 9.93. The molecule has 0 atom stereocenters. The zero-order valence-electron chi connectivity index (χ0n) is 12.1. The molecule has 4 heteroatoms. The second-order valence-electron chi connectivity index (χ2n) is 5.10. The molecule has 0 fully saturated rings. The van der Waals surface area contributed by atoms with E-state index >= 15 is 0 Å². The van der Waals surface area contributed by atoms with Crippen LogP contribution in [0.5, 0.6) is 0 Å². The van der Waals surface area contributed by atoms with Crippen molar-refractivity contribution in [3.63, 3.8) is 0 Å². The van der Waals surface area contributed by atoms with Crippen molar-refractivity contribution in [2.45, 2.75) is 25.7 Å². The molecule has 2 rings (SSSR count). The number of nitrogens with two attached hydrogens (primary N) is 1. The van der Waals surface area contributed by atoms with Gasteiger partial charge in [-0.1, -0.05) is 37.1 Å². The molecule has 0 unspecified atom stereocenters. The topological polar surface area (TPSA) is 55.1 Å². The molecule has 0 radical (unpaired) electrons. The van der Waals surface area contributed by atoms with Gasteiger partial charge in [0.1, 0.15) is 5.82 Å². The van der Waals surface area contributed by atoms with Crippen molar-refractivity contribution in [3.8, 4) is 0 Å². The van der Waals surface area contributed by atoms with E-state index in [1.54, 1.807) is 24.3 Å². The smallest absolute Gasteiger partial charge is 0.251 e. The zero-order valence-corrected chi connectivity index (χ0v) is 12.1. The van der Waals surface area contributed by atoms with Crippen LogP contribution in [0.3, 0.4) is 0 Å². The van der Waals surface area contributed by atoms with Gasteiger partial charge in [0.2, 0.25) is 0 Å². The number of hydrogen-bond donors (Lipinski definition) is 2. The fourth-order valence-corrected chi connectivity index (χ4v) is 2.38. The minimum absolute atomic E-state index is 0.148. The maximum atomic E-state index is 13.7. The lowest BCUT2D eigenvalue weighted by Crippen LogP contribution is -2.24. The van der Waals surface area contributed by atoms with Gasteiger partial charge in [-0.15, -0.1) is 0 Å². The predicted molar refractivity (Wildman–Crippen MR) is 83.8 cm³/mol. The summed E-state index contributed by atoms with van der Waals surface area (Å²) in [6.45, 7) is 1.35. The molecule has 0 aliphatic heterocycles. The average Bonchev–Trinajstić information content (AvgIpc) is 2.51. The lowest BCUT2D eigenvalue weighted by molar-refractivity contribution is 0.0954. The van der Waals surface area contributed by atoms with Gasteiger partial charge in [-0.2, -0.15) is 0 Å². The third kappa shape index (κ3) is 4.02. The Morgan fingerprint density at radius 1 is 1.00 bits per heavy atom. The van der Waals surface area contributed by atoms with E-state index in [0.29, 0.717) is 29.4 Å². The largest absolute Gasteiger partial charge is 0.352 e. The number of rotatable bonds is 7. The van der Waals surface area contributed by atoms with Crippen molar-refractivity contribution in [1.29, 1.82) is 0 Å². The van der Waals surface area contributed by atoms with Crippen molar-refractivity contribution in [2.75, 3.05) is 13.1 Å². The lowest BCUT2D eigenvalue weighted by atomic mass is 10.0. The summed E-state index contributed by atoms with van der Waals surface area (Å²) in [5.41, 5.74) is 5.95. The third-order valence-corrected chi connectivity index (χ3v) is 3.53. The Morgan fingerprint density at radius 3 is 2.48 bits per heavy atom. The van der Waals surface area contributed by atoms with E-state index in [9.17, 15) is 9.18 Å². The number of halogens is 1. The van der Waals surface area contributed by atoms with Gasteiger partial charge in [-0.3, -0.25) is 4.79 Å². The lowest BCUT2D eigenvalue weighted by Gasteiger charge is -2.08. The number of unbranched alkanes of at least 4 members (excludes halogenated alkanes) is 3. The molecule has 0 aliphatic rings. The summed E-state index contributed by atoms with van der Waals surface area (Å²) < 4.78 is 13.7. The highest BCUT2D eigenvalue weighted by molar-refractivity contribution is 6.07. The summed E-state index contributed by atoms with van der Waals surface area (Å²) >= 11 is 0. The summed E-state index contributed by atoms with van der Waals surface area (Å²) in [7, 11) is 0. The van der Waals surface area contributed by atoms with E-state index in [1.165, 1.54) is 6.07 Å². The van der Waals surface area contributed by atoms with Gasteiger partial charge in [0.15, 0.2) is 0 Å². The van der Waals surface area contributed by atoms with Crippen molar-refractivity contribution >= 4 is 16.7 Å². The summed E-state index contributed by atoms with van der Waals surface area (Å²) in [5, 5.41) is 4.03. The van der Waals surface area contributed by atoms with Crippen molar-refractivity contribution in [1.82, 2.24) is 5.32 Å². The number of hydrogen-bond acceptors (Lipinski definition) is 2. The molecule has 2 aromatic rings. The highest BCUT2D eigenvalue weighted by Gasteiger charge is 2.11. The van der Waals surface area contributed by atoms with Crippen LogP contribution < -0.4 is 11.1 Å². The molecule has 3 N–H and O–H groups in total. The van der Waals surface area contributed by atoms with E-state index < -0.39 is 0 Å². The molecule has 0 spiro atoms. The first-order valence-electron chi connectivity index (χ1n) is 7.39. The highest BCUT2D eigenvalue weighted by Crippen LogP contribution is 2.21. The molecule has 3 nitrogen and oxygen atoms in total. The van der Waals surface area contributed by atoms with Crippen LogP contribution >= 0.6 is 0 Å². The van der Waals surface area contributed by atoms with Gasteiger partial charge in [0.05, 0.1) is 0 Å². The van der Waals surface area contributed by atoms with E-state index in [2.05, 4.69) is 5.32 Å². The molecule has 21 heavy (non-hydrogen) atoms. The Balaban J connectivity index is 1.98. The minimum atomic E-state index is -0.302. The van der Waals surface area contributed by atoms with E-state index in [0.717, 1.165) is 25.7 Å². The van der Waals surface area contributed by atoms with Gasteiger partial charge in [0.25, 0.3) is 5.91 Å². The number of amides is 1. The van der Waals surface area contributed by atoms with Crippen LogP contribution in [0.1, 0.15) is 36.0 Å². The Morgan fingerprint density at radius 2 is 1.71 bits per heavy atom. The summed E-state index contributed by atoms with van der Waals surface area (Å²) in [4.78, 5) is 12.2. The van der Waals surface area contributed by atoms with Crippen molar-refractivity contribution in [2.24, 2.45) is 5.73 Å². The maximum absolute atomic E-state index is 13.7. The third-order valence-electron chi connectivity index (χ3n) is 3.53. The first-order valence-corrected chi connectivity index (χ1v) is 7.39.